The van der Waals surface area contributed by atoms with E-state index in [1.165, 1.54) is 128 Å². The van der Waals surface area contributed by atoms with E-state index in [0.29, 0.717) is 17.4 Å². The Bertz CT molecular complexity index is 1800. The van der Waals surface area contributed by atoms with Crippen molar-refractivity contribution in [2.45, 2.75) is 277 Å². The van der Waals surface area contributed by atoms with Crippen molar-refractivity contribution in [3.8, 4) is 0 Å². The Balaban J connectivity index is 4.11. The third-order valence-electron chi connectivity index (χ3n) is 14.0. The standard InChI is InChI=1S/C72H124NO8P/c1-6-8-10-12-14-16-18-20-22-24-26-28-30-31-32-33-34-35-36-37-38-39-40-41-43-45-47-49-51-53-55-57-59-61-63-65-72(75)81-70(69-80-82(76,77)79-67-66-73(3,4)5)68-78-71(74)64-62-60-58-56-54-52-50-48-46-44-42-29-27-25-23-21-19-17-15-13-11-9-7-2/h8,10,14,16,19-22,25-28,31-32,34-35,37-38,42,44,70H,6-7,9,11-13,15,17-18,23-24,29-30,33,36,39-41,43,45-69H2,1-5H3/p+1/b10-8-,16-14-,21-19-,22-20-,27-25-,28-26-,32-31-,35-34-,38-37-,44-42-. The second kappa shape index (κ2) is 62.0. The lowest BCUT2D eigenvalue weighted by atomic mass is 10.0. The lowest BCUT2D eigenvalue weighted by Gasteiger charge is -2.24. The zero-order valence-electron chi connectivity index (χ0n) is 53.4. The monoisotopic (exact) mass is 1160 g/mol. The number of quaternary nitrogens is 1. The molecule has 0 aliphatic carbocycles. The highest BCUT2D eigenvalue weighted by molar-refractivity contribution is 7.47. The van der Waals surface area contributed by atoms with Crippen LogP contribution in [0.1, 0.15) is 271 Å². The van der Waals surface area contributed by atoms with Crippen LogP contribution in [0.2, 0.25) is 0 Å². The number of carbonyl (C=O) groups is 2. The van der Waals surface area contributed by atoms with Crippen LogP contribution in [0.15, 0.2) is 122 Å². The maximum atomic E-state index is 12.9. The van der Waals surface area contributed by atoms with Gasteiger partial charge in [0.1, 0.15) is 19.8 Å². The minimum Gasteiger partial charge on any atom is -0.462 e. The average Bonchev–Trinajstić information content (AvgIpc) is 3.45. The van der Waals surface area contributed by atoms with Gasteiger partial charge in [-0.25, -0.2) is 4.57 Å². The first kappa shape index (κ1) is 78.4. The van der Waals surface area contributed by atoms with Crippen molar-refractivity contribution in [3.05, 3.63) is 122 Å². The van der Waals surface area contributed by atoms with Gasteiger partial charge in [0.15, 0.2) is 6.10 Å². The van der Waals surface area contributed by atoms with Gasteiger partial charge in [-0.05, 0) is 109 Å². The van der Waals surface area contributed by atoms with Gasteiger partial charge in [-0.1, -0.05) is 270 Å². The quantitative estimate of drug-likeness (QED) is 0.0211. The second-order valence-corrected chi connectivity index (χ2v) is 24.6. The molecule has 9 nitrogen and oxygen atoms in total. The van der Waals surface area contributed by atoms with E-state index in [9.17, 15) is 19.0 Å². The predicted octanol–water partition coefficient (Wildman–Crippen LogP) is 21.5. The molecule has 0 rings (SSSR count). The van der Waals surface area contributed by atoms with Crippen LogP contribution < -0.4 is 0 Å². The number of phosphoric ester groups is 1. The Morgan fingerprint density at radius 3 is 1.04 bits per heavy atom. The molecule has 0 heterocycles. The zero-order chi connectivity index (χ0) is 59.8. The zero-order valence-corrected chi connectivity index (χ0v) is 54.3. The van der Waals surface area contributed by atoms with Crippen LogP contribution in [0.3, 0.4) is 0 Å². The number of hydrogen-bond acceptors (Lipinski definition) is 7. The first-order chi connectivity index (χ1) is 40.0. The summed E-state index contributed by atoms with van der Waals surface area (Å²) >= 11 is 0. The topological polar surface area (TPSA) is 108 Å². The highest BCUT2D eigenvalue weighted by Crippen LogP contribution is 2.43. The lowest BCUT2D eigenvalue weighted by Crippen LogP contribution is -2.37. The molecule has 82 heavy (non-hydrogen) atoms. The van der Waals surface area contributed by atoms with Crippen molar-refractivity contribution in [3.63, 3.8) is 0 Å². The van der Waals surface area contributed by atoms with Crippen LogP contribution >= 0.6 is 7.82 Å². The number of nitrogens with zero attached hydrogens (tertiary/aromatic N) is 1. The molecule has 0 aromatic carbocycles. The molecule has 0 aliphatic heterocycles. The summed E-state index contributed by atoms with van der Waals surface area (Å²) in [4.78, 5) is 35.8. The van der Waals surface area contributed by atoms with Crippen molar-refractivity contribution in [1.82, 2.24) is 0 Å². The molecule has 0 saturated heterocycles. The van der Waals surface area contributed by atoms with Crippen LogP contribution in [0.4, 0.5) is 0 Å². The number of allylic oxidation sites excluding steroid dienone is 20. The Hall–Kier alpha value is -3.59. The van der Waals surface area contributed by atoms with E-state index in [4.69, 9.17) is 18.5 Å². The molecule has 0 bridgehead atoms. The van der Waals surface area contributed by atoms with E-state index in [0.717, 1.165) is 109 Å². The molecule has 0 radical (unpaired) electrons. The smallest absolute Gasteiger partial charge is 0.462 e. The van der Waals surface area contributed by atoms with Gasteiger partial charge in [0.25, 0.3) is 0 Å². The Kier molecular flexibility index (Phi) is 59.2. The molecule has 0 aliphatic rings. The van der Waals surface area contributed by atoms with Gasteiger partial charge in [0.2, 0.25) is 0 Å². The van der Waals surface area contributed by atoms with E-state index in [1.807, 2.05) is 21.1 Å². The number of hydrogen-bond donors (Lipinski definition) is 1. The molecule has 1 N–H and O–H groups in total. The normalized spacial score (nSPS) is 14.0. The number of carbonyl (C=O) groups excluding carboxylic acids is 2. The van der Waals surface area contributed by atoms with Gasteiger partial charge in [0, 0.05) is 12.8 Å². The molecule has 0 spiro atoms. The SMILES string of the molecule is CC/C=C\C/C=C\C/C=C\C/C=C\C/C=C\C/C=C\C/C=C\CCCCCCCCCCCCCCCC(=O)OC(COC(=O)CCCCCCCCCC/C=C\C/C=C\C/C=C\CCCCCCC)COP(=O)(O)OCC[N+](C)(C)C. The maximum Gasteiger partial charge on any atom is 0.472 e. The van der Waals surface area contributed by atoms with Gasteiger partial charge in [-0.2, -0.15) is 0 Å². The van der Waals surface area contributed by atoms with Crippen molar-refractivity contribution in [2.75, 3.05) is 47.5 Å². The van der Waals surface area contributed by atoms with Crippen LogP contribution in [0.25, 0.3) is 0 Å². The van der Waals surface area contributed by atoms with Gasteiger partial charge < -0.3 is 18.9 Å². The number of rotatable bonds is 60. The Labute approximate surface area is 505 Å². The third-order valence-corrected chi connectivity index (χ3v) is 15.0. The fraction of sp³-hybridized carbons (Fsp3) is 0.694. The van der Waals surface area contributed by atoms with E-state index < -0.39 is 26.5 Å². The van der Waals surface area contributed by atoms with Crippen molar-refractivity contribution in [1.29, 1.82) is 0 Å². The second-order valence-electron chi connectivity index (χ2n) is 23.1. The fourth-order valence-electron chi connectivity index (χ4n) is 8.89. The molecule has 10 heteroatoms. The number of ether oxygens (including phenoxy) is 2. The van der Waals surface area contributed by atoms with Crippen molar-refractivity contribution >= 4 is 19.8 Å². The lowest BCUT2D eigenvalue weighted by molar-refractivity contribution is -0.870. The van der Waals surface area contributed by atoms with E-state index in [2.05, 4.69) is 135 Å². The summed E-state index contributed by atoms with van der Waals surface area (Å²) in [5.41, 5.74) is 0. The largest absolute Gasteiger partial charge is 0.472 e. The van der Waals surface area contributed by atoms with Crippen molar-refractivity contribution in [2.24, 2.45) is 0 Å². The van der Waals surface area contributed by atoms with Gasteiger partial charge in [0.05, 0.1) is 27.7 Å². The van der Waals surface area contributed by atoms with Crippen molar-refractivity contribution < 1.29 is 42.1 Å². The highest BCUT2D eigenvalue weighted by Gasteiger charge is 2.27. The highest BCUT2D eigenvalue weighted by atomic mass is 31.2. The van der Waals surface area contributed by atoms with Crippen LogP contribution in [-0.2, 0) is 32.7 Å². The summed E-state index contributed by atoms with van der Waals surface area (Å²) < 4.78 is 34.7. The summed E-state index contributed by atoms with van der Waals surface area (Å²) in [7, 11) is 1.46. The Morgan fingerprint density at radius 1 is 0.390 bits per heavy atom. The van der Waals surface area contributed by atoms with E-state index >= 15 is 0 Å². The summed E-state index contributed by atoms with van der Waals surface area (Å²) in [6, 6.07) is 0. The third kappa shape index (κ3) is 65.6. The van der Waals surface area contributed by atoms with Crippen LogP contribution in [0.5, 0.6) is 0 Å². The summed E-state index contributed by atoms with van der Waals surface area (Å²) in [5, 5.41) is 0. The van der Waals surface area contributed by atoms with Gasteiger partial charge in [-0.15, -0.1) is 0 Å². The molecule has 2 unspecified atom stereocenters. The van der Waals surface area contributed by atoms with Crippen LogP contribution in [-0.4, -0.2) is 74.9 Å². The van der Waals surface area contributed by atoms with Gasteiger partial charge >= 0.3 is 19.8 Å². The minimum absolute atomic E-state index is 0.0252. The molecule has 470 valence electrons. The molecule has 0 fully saturated rings. The maximum absolute atomic E-state index is 12.9. The number of unbranched alkanes of at least 4 members (excludes halogenated alkanes) is 26. The summed E-state index contributed by atoms with van der Waals surface area (Å²) in [6.07, 6.45) is 88.5. The molecule has 0 aromatic heterocycles. The number of phosphoric acid groups is 1. The predicted molar refractivity (Wildman–Crippen MR) is 353 cm³/mol. The number of esters is 2. The molecule has 0 saturated carbocycles. The molecular weight excluding hydrogens is 1040 g/mol. The average molecular weight is 1160 g/mol. The Morgan fingerprint density at radius 2 is 0.695 bits per heavy atom. The molecular formula is C72H125NO8P+. The molecule has 2 atom stereocenters. The van der Waals surface area contributed by atoms with Gasteiger partial charge in [-0.3, -0.25) is 18.6 Å². The first-order valence-electron chi connectivity index (χ1n) is 33.3. The van der Waals surface area contributed by atoms with E-state index in [1.54, 1.807) is 0 Å². The van der Waals surface area contributed by atoms with E-state index in [-0.39, 0.29) is 32.0 Å². The minimum atomic E-state index is -4.40. The fourth-order valence-corrected chi connectivity index (χ4v) is 9.63. The van der Waals surface area contributed by atoms with Crippen LogP contribution in [0, 0.1) is 0 Å². The summed E-state index contributed by atoms with van der Waals surface area (Å²) in [5.74, 6) is -0.808. The first-order valence-corrected chi connectivity index (χ1v) is 34.8. The number of likely N-dealkylation sites (N-methyl/N-ethyl adjacent to an activating group) is 1. The molecule has 0 amide bonds. The summed E-state index contributed by atoms with van der Waals surface area (Å²) in [6.45, 7) is 4.31. The molecule has 0 aromatic rings.